The van der Waals surface area contributed by atoms with Crippen LogP contribution in [0, 0.1) is 11.6 Å². The molecule has 0 atom stereocenters. The summed E-state index contributed by atoms with van der Waals surface area (Å²) in [5.74, 6) is -1.22. The molecule has 2 aromatic carbocycles. The number of rotatable bonds is 3. The van der Waals surface area contributed by atoms with E-state index in [9.17, 15) is 8.78 Å². The van der Waals surface area contributed by atoms with E-state index >= 15 is 0 Å². The summed E-state index contributed by atoms with van der Waals surface area (Å²) in [5.41, 5.74) is 1.64. The minimum Gasteiger partial charge on any atom is -0.331 e. The molecule has 0 radical (unpaired) electrons. The highest BCUT2D eigenvalue weighted by atomic mass is 79.9. The number of benzene rings is 2. The number of nitrogens with zero attached hydrogens (tertiary/aromatic N) is 1. The molecule has 0 aliphatic carbocycles. The summed E-state index contributed by atoms with van der Waals surface area (Å²) in [6, 6.07) is 11.1. The van der Waals surface area contributed by atoms with Gasteiger partial charge in [-0.05, 0) is 40.2 Å². The normalized spacial score (nSPS) is 10.6. The number of hydrogen-bond acceptors (Lipinski definition) is 3. The minimum atomic E-state index is -0.618. The van der Waals surface area contributed by atoms with E-state index in [0.717, 1.165) is 16.2 Å². The maximum absolute atomic E-state index is 13.7. The van der Waals surface area contributed by atoms with Crippen LogP contribution in [0.15, 0.2) is 52.3 Å². The van der Waals surface area contributed by atoms with Crippen molar-refractivity contribution in [2.24, 2.45) is 0 Å². The van der Waals surface area contributed by atoms with E-state index < -0.39 is 11.6 Å². The van der Waals surface area contributed by atoms with Gasteiger partial charge in [-0.1, -0.05) is 12.1 Å². The van der Waals surface area contributed by atoms with Crippen molar-refractivity contribution in [3.8, 4) is 11.3 Å². The lowest BCUT2D eigenvalue weighted by atomic mass is 10.1. The fraction of sp³-hybridized carbons (Fsp3) is 0. The standard InChI is InChI=1S/C15H9BrF2N2S/c16-11-3-1-2-4-13(11)19-15-20-14(8-21-15)10-6-5-9(17)7-12(10)18/h1-8H,(H,19,20). The van der Waals surface area contributed by atoms with Gasteiger partial charge >= 0.3 is 0 Å². The first-order valence-corrected chi connectivity index (χ1v) is 7.73. The van der Waals surface area contributed by atoms with Gasteiger partial charge in [0.25, 0.3) is 0 Å². The molecule has 0 amide bonds. The van der Waals surface area contributed by atoms with E-state index in [1.54, 1.807) is 5.38 Å². The first-order valence-electron chi connectivity index (χ1n) is 6.06. The van der Waals surface area contributed by atoms with Crippen molar-refractivity contribution >= 4 is 38.1 Å². The van der Waals surface area contributed by atoms with Gasteiger partial charge in [0.15, 0.2) is 5.13 Å². The van der Waals surface area contributed by atoms with Crippen molar-refractivity contribution in [2.45, 2.75) is 0 Å². The van der Waals surface area contributed by atoms with Crippen LogP contribution >= 0.6 is 27.3 Å². The molecule has 1 N–H and O–H groups in total. The summed E-state index contributed by atoms with van der Waals surface area (Å²) in [6.45, 7) is 0. The Hall–Kier alpha value is -1.79. The second-order valence-electron chi connectivity index (χ2n) is 4.27. The summed E-state index contributed by atoms with van der Waals surface area (Å²) in [5, 5.41) is 5.53. The van der Waals surface area contributed by atoms with Gasteiger partial charge in [-0.2, -0.15) is 0 Å². The number of aromatic nitrogens is 1. The topological polar surface area (TPSA) is 24.9 Å². The maximum atomic E-state index is 13.7. The van der Waals surface area contributed by atoms with E-state index in [4.69, 9.17) is 0 Å². The molecule has 106 valence electrons. The van der Waals surface area contributed by atoms with E-state index in [1.165, 1.54) is 23.5 Å². The Morgan fingerprint density at radius 1 is 1.10 bits per heavy atom. The fourth-order valence-electron chi connectivity index (χ4n) is 1.83. The molecule has 3 rings (SSSR count). The zero-order valence-corrected chi connectivity index (χ0v) is 13.0. The molecule has 0 unspecified atom stereocenters. The molecule has 0 aliphatic rings. The molecule has 0 fully saturated rings. The van der Waals surface area contributed by atoms with Gasteiger partial charge in [-0.3, -0.25) is 0 Å². The lowest BCUT2D eigenvalue weighted by Gasteiger charge is -2.04. The van der Waals surface area contributed by atoms with Crippen LogP contribution in [-0.2, 0) is 0 Å². The molecule has 0 bridgehead atoms. The number of anilines is 2. The first-order chi connectivity index (χ1) is 10.1. The van der Waals surface area contributed by atoms with Crippen molar-refractivity contribution in [1.29, 1.82) is 0 Å². The highest BCUT2D eigenvalue weighted by molar-refractivity contribution is 9.10. The SMILES string of the molecule is Fc1ccc(-c2csc(Nc3ccccc3Br)n2)c(F)c1. The van der Waals surface area contributed by atoms with Crippen LogP contribution < -0.4 is 5.32 Å². The van der Waals surface area contributed by atoms with Crippen LogP contribution in [0.1, 0.15) is 0 Å². The Bertz CT molecular complexity index is 789. The van der Waals surface area contributed by atoms with E-state index in [0.29, 0.717) is 10.8 Å². The molecule has 2 nitrogen and oxygen atoms in total. The van der Waals surface area contributed by atoms with Gasteiger partial charge in [0.2, 0.25) is 0 Å². The van der Waals surface area contributed by atoms with Crippen molar-refractivity contribution in [3.63, 3.8) is 0 Å². The summed E-state index contributed by atoms with van der Waals surface area (Å²) < 4.78 is 27.6. The third-order valence-corrected chi connectivity index (χ3v) is 4.28. The molecule has 0 saturated heterocycles. The Labute approximate surface area is 132 Å². The Morgan fingerprint density at radius 3 is 2.67 bits per heavy atom. The van der Waals surface area contributed by atoms with Gasteiger partial charge in [-0.15, -0.1) is 11.3 Å². The van der Waals surface area contributed by atoms with Crippen molar-refractivity contribution in [3.05, 3.63) is 64.0 Å². The van der Waals surface area contributed by atoms with Gasteiger partial charge in [-0.25, -0.2) is 13.8 Å². The number of para-hydroxylation sites is 1. The predicted octanol–water partition coefficient (Wildman–Crippen LogP) is 5.59. The smallest absolute Gasteiger partial charge is 0.187 e. The molecule has 0 saturated carbocycles. The molecule has 3 aromatic rings. The average molecular weight is 367 g/mol. The summed E-state index contributed by atoms with van der Waals surface area (Å²) >= 11 is 4.80. The third kappa shape index (κ3) is 3.11. The van der Waals surface area contributed by atoms with E-state index in [1.807, 2.05) is 24.3 Å². The van der Waals surface area contributed by atoms with Crippen LogP contribution in [0.5, 0.6) is 0 Å². The predicted molar refractivity (Wildman–Crippen MR) is 84.9 cm³/mol. The fourth-order valence-corrected chi connectivity index (χ4v) is 2.94. The Balaban J connectivity index is 1.88. The van der Waals surface area contributed by atoms with Crippen LogP contribution in [-0.4, -0.2) is 4.98 Å². The Morgan fingerprint density at radius 2 is 1.90 bits per heavy atom. The van der Waals surface area contributed by atoms with Gasteiger partial charge in [0.05, 0.1) is 11.4 Å². The number of nitrogens with one attached hydrogen (secondary N) is 1. The molecule has 1 aromatic heterocycles. The van der Waals surface area contributed by atoms with Crippen LogP contribution in [0.3, 0.4) is 0 Å². The van der Waals surface area contributed by atoms with Gasteiger partial charge in [0.1, 0.15) is 11.6 Å². The minimum absolute atomic E-state index is 0.285. The zero-order valence-electron chi connectivity index (χ0n) is 10.6. The third-order valence-electron chi connectivity index (χ3n) is 2.83. The zero-order chi connectivity index (χ0) is 14.8. The largest absolute Gasteiger partial charge is 0.331 e. The van der Waals surface area contributed by atoms with E-state index in [2.05, 4.69) is 26.2 Å². The van der Waals surface area contributed by atoms with Crippen LogP contribution in [0.2, 0.25) is 0 Å². The maximum Gasteiger partial charge on any atom is 0.187 e. The average Bonchev–Trinajstić information content (AvgIpc) is 2.90. The highest BCUT2D eigenvalue weighted by Gasteiger charge is 2.11. The lowest BCUT2D eigenvalue weighted by molar-refractivity contribution is 0.585. The van der Waals surface area contributed by atoms with Gasteiger partial charge < -0.3 is 5.32 Å². The molecule has 6 heteroatoms. The second kappa shape index (κ2) is 5.91. The molecule has 0 spiro atoms. The molecule has 0 aliphatic heterocycles. The summed E-state index contributed by atoms with van der Waals surface area (Å²) in [7, 11) is 0. The molecular formula is C15H9BrF2N2S. The van der Waals surface area contributed by atoms with Crippen molar-refractivity contribution in [1.82, 2.24) is 4.98 Å². The van der Waals surface area contributed by atoms with Crippen molar-refractivity contribution in [2.75, 3.05) is 5.32 Å². The first kappa shape index (κ1) is 14.2. The molecular weight excluding hydrogens is 358 g/mol. The van der Waals surface area contributed by atoms with Crippen LogP contribution in [0.25, 0.3) is 11.3 Å². The van der Waals surface area contributed by atoms with Crippen molar-refractivity contribution < 1.29 is 8.78 Å². The van der Waals surface area contributed by atoms with Gasteiger partial charge in [0, 0.05) is 21.5 Å². The number of thiazole rings is 1. The number of halogens is 3. The highest BCUT2D eigenvalue weighted by Crippen LogP contribution is 2.31. The van der Waals surface area contributed by atoms with E-state index in [-0.39, 0.29) is 5.56 Å². The Kier molecular flexibility index (Phi) is 3.98. The quantitative estimate of drug-likeness (QED) is 0.652. The second-order valence-corrected chi connectivity index (χ2v) is 5.98. The molecule has 21 heavy (non-hydrogen) atoms. The monoisotopic (exact) mass is 366 g/mol. The lowest BCUT2D eigenvalue weighted by Crippen LogP contribution is -1.91. The number of hydrogen-bond donors (Lipinski definition) is 1. The summed E-state index contributed by atoms with van der Waals surface area (Å²) in [6.07, 6.45) is 0. The summed E-state index contributed by atoms with van der Waals surface area (Å²) in [4.78, 5) is 4.33. The van der Waals surface area contributed by atoms with Crippen LogP contribution in [0.4, 0.5) is 19.6 Å². The molecule has 1 heterocycles.